The van der Waals surface area contributed by atoms with Crippen LogP contribution in [0.4, 0.5) is 5.69 Å². The quantitative estimate of drug-likeness (QED) is 0.205. The summed E-state index contributed by atoms with van der Waals surface area (Å²) in [4.78, 5) is 12.8. The fourth-order valence-corrected chi connectivity index (χ4v) is 4.13. The highest BCUT2D eigenvalue weighted by molar-refractivity contribution is 9.10. The Morgan fingerprint density at radius 1 is 1.09 bits per heavy atom. The first kappa shape index (κ1) is 23.6. The average molecular weight is 532 g/mol. The third-order valence-electron chi connectivity index (χ3n) is 5.42. The molecule has 0 saturated carbocycles. The number of carbonyl (C=O) groups is 1. The zero-order valence-corrected chi connectivity index (χ0v) is 20.7. The fourth-order valence-electron chi connectivity index (χ4n) is 3.57. The second kappa shape index (κ2) is 10.6. The molecule has 0 unspecified atom stereocenters. The summed E-state index contributed by atoms with van der Waals surface area (Å²) in [6.07, 6.45) is 1.53. The van der Waals surface area contributed by atoms with Gasteiger partial charge in [0, 0.05) is 20.7 Å². The van der Waals surface area contributed by atoms with Crippen LogP contribution in [0.3, 0.4) is 0 Å². The smallest absolute Gasteiger partial charge is 0.266 e. The predicted molar refractivity (Wildman–Crippen MR) is 141 cm³/mol. The molecule has 1 N–H and O–H groups in total. The van der Waals surface area contributed by atoms with E-state index in [-0.39, 0.29) is 5.57 Å². The van der Waals surface area contributed by atoms with Crippen molar-refractivity contribution in [3.05, 3.63) is 111 Å². The normalized spacial score (nSPS) is 11.2. The number of nitrogens with zero attached hydrogens (tertiary/aromatic N) is 1. The van der Waals surface area contributed by atoms with Gasteiger partial charge in [-0.2, -0.15) is 5.26 Å². The Morgan fingerprint density at radius 2 is 1.85 bits per heavy atom. The molecule has 0 bridgehead atoms. The molecule has 0 fully saturated rings. The number of benzene rings is 4. The van der Waals surface area contributed by atoms with E-state index < -0.39 is 5.91 Å². The minimum absolute atomic E-state index is 0.0486. The molecule has 0 saturated heterocycles. The Hall–Kier alpha value is -3.59. The molecule has 0 heterocycles. The number of ether oxygens (including phenoxy) is 1. The Balaban J connectivity index is 1.61. The zero-order valence-electron chi connectivity index (χ0n) is 18.3. The van der Waals surface area contributed by atoms with E-state index >= 15 is 0 Å². The standard InChI is InChI=1S/C28H20BrClN2O2/c1-18-25(30)10-5-11-26(18)32-28(33)22(16-31)14-21-15-23(29)12-13-27(21)34-17-20-8-4-7-19-6-2-3-9-24(19)20/h2-15H,17H2,1H3,(H,32,33)/b22-14-. The number of hydrogen-bond acceptors (Lipinski definition) is 3. The van der Waals surface area contributed by atoms with E-state index in [4.69, 9.17) is 16.3 Å². The molecule has 0 spiro atoms. The maximum absolute atomic E-state index is 12.8. The summed E-state index contributed by atoms with van der Waals surface area (Å²) in [6.45, 7) is 2.15. The largest absolute Gasteiger partial charge is 0.488 e. The van der Waals surface area contributed by atoms with Crippen LogP contribution in [0.5, 0.6) is 5.75 Å². The van der Waals surface area contributed by atoms with Crippen LogP contribution < -0.4 is 10.1 Å². The molecule has 4 aromatic rings. The van der Waals surface area contributed by atoms with E-state index in [0.29, 0.717) is 28.6 Å². The van der Waals surface area contributed by atoms with Crippen LogP contribution in [0.25, 0.3) is 16.8 Å². The molecule has 0 atom stereocenters. The number of nitriles is 1. The second-order valence-electron chi connectivity index (χ2n) is 7.65. The van der Waals surface area contributed by atoms with Crippen LogP contribution >= 0.6 is 27.5 Å². The van der Waals surface area contributed by atoms with Gasteiger partial charge in [0.15, 0.2) is 0 Å². The Labute approximate surface area is 211 Å². The van der Waals surface area contributed by atoms with Crippen molar-refractivity contribution in [2.75, 3.05) is 5.32 Å². The summed E-state index contributed by atoms with van der Waals surface area (Å²) in [6, 6.07) is 26.9. The summed E-state index contributed by atoms with van der Waals surface area (Å²) >= 11 is 9.61. The summed E-state index contributed by atoms with van der Waals surface area (Å²) in [7, 11) is 0. The van der Waals surface area contributed by atoms with Gasteiger partial charge in [0.25, 0.3) is 5.91 Å². The van der Waals surface area contributed by atoms with Crippen LogP contribution in [-0.2, 0) is 11.4 Å². The van der Waals surface area contributed by atoms with Crippen molar-refractivity contribution in [3.63, 3.8) is 0 Å². The molecule has 34 heavy (non-hydrogen) atoms. The van der Waals surface area contributed by atoms with E-state index in [1.165, 1.54) is 6.08 Å². The number of fused-ring (bicyclic) bond motifs is 1. The Kier molecular flexibility index (Phi) is 7.32. The third-order valence-corrected chi connectivity index (χ3v) is 6.32. The average Bonchev–Trinajstić information content (AvgIpc) is 2.84. The van der Waals surface area contributed by atoms with Gasteiger partial charge in [-0.25, -0.2) is 0 Å². The van der Waals surface area contributed by atoms with Gasteiger partial charge in [0.1, 0.15) is 24.0 Å². The van der Waals surface area contributed by atoms with Crippen molar-refractivity contribution in [3.8, 4) is 11.8 Å². The van der Waals surface area contributed by atoms with E-state index in [1.807, 2.05) is 48.5 Å². The maximum atomic E-state index is 12.8. The van der Waals surface area contributed by atoms with Crippen LogP contribution in [-0.4, -0.2) is 5.91 Å². The minimum Gasteiger partial charge on any atom is -0.488 e. The number of amides is 1. The topological polar surface area (TPSA) is 62.1 Å². The minimum atomic E-state index is -0.521. The monoisotopic (exact) mass is 530 g/mol. The molecule has 6 heteroatoms. The van der Waals surface area contributed by atoms with Gasteiger partial charge >= 0.3 is 0 Å². The number of hydrogen-bond donors (Lipinski definition) is 1. The van der Waals surface area contributed by atoms with Crippen molar-refractivity contribution in [1.29, 1.82) is 5.26 Å². The van der Waals surface area contributed by atoms with Gasteiger partial charge < -0.3 is 10.1 Å². The highest BCUT2D eigenvalue weighted by Gasteiger charge is 2.14. The molecule has 4 aromatic carbocycles. The molecule has 0 radical (unpaired) electrons. The van der Waals surface area contributed by atoms with Crippen molar-refractivity contribution < 1.29 is 9.53 Å². The van der Waals surface area contributed by atoms with Crippen LogP contribution in [0.15, 0.2) is 88.9 Å². The maximum Gasteiger partial charge on any atom is 0.266 e. The molecule has 4 nitrogen and oxygen atoms in total. The van der Waals surface area contributed by atoms with Gasteiger partial charge in [-0.3, -0.25) is 4.79 Å². The van der Waals surface area contributed by atoms with E-state index in [9.17, 15) is 10.1 Å². The lowest BCUT2D eigenvalue weighted by Crippen LogP contribution is -2.14. The lowest BCUT2D eigenvalue weighted by molar-refractivity contribution is -0.112. The number of carbonyl (C=O) groups excluding carboxylic acids is 1. The molecule has 4 rings (SSSR count). The second-order valence-corrected chi connectivity index (χ2v) is 8.97. The first-order valence-corrected chi connectivity index (χ1v) is 11.7. The molecule has 1 amide bonds. The molecular weight excluding hydrogens is 512 g/mol. The third kappa shape index (κ3) is 5.31. The highest BCUT2D eigenvalue weighted by atomic mass is 79.9. The molecule has 168 valence electrons. The van der Waals surface area contributed by atoms with Crippen molar-refractivity contribution in [2.45, 2.75) is 13.5 Å². The SMILES string of the molecule is Cc1c(Cl)cccc1NC(=O)/C(C#N)=C\c1cc(Br)ccc1OCc1cccc2ccccc12. The van der Waals surface area contributed by atoms with Gasteiger partial charge in [-0.15, -0.1) is 0 Å². The van der Waals surface area contributed by atoms with E-state index in [2.05, 4.69) is 39.4 Å². The van der Waals surface area contributed by atoms with Crippen LogP contribution in [0.1, 0.15) is 16.7 Å². The first-order chi connectivity index (χ1) is 16.5. The fraction of sp³-hybridized carbons (Fsp3) is 0.0714. The summed E-state index contributed by atoms with van der Waals surface area (Å²) < 4.78 is 6.95. The van der Waals surface area contributed by atoms with Gasteiger partial charge in [0.05, 0.1) is 0 Å². The number of nitrogens with one attached hydrogen (secondary N) is 1. The zero-order chi connectivity index (χ0) is 24.1. The van der Waals surface area contributed by atoms with Gasteiger partial charge in [-0.05, 0) is 65.2 Å². The number of anilines is 1. The summed E-state index contributed by atoms with van der Waals surface area (Å²) in [5.74, 6) is 0.0449. The van der Waals surface area contributed by atoms with Gasteiger partial charge in [-0.1, -0.05) is 76.1 Å². The lowest BCUT2D eigenvalue weighted by atomic mass is 10.1. The van der Waals surface area contributed by atoms with Crippen molar-refractivity contribution in [1.82, 2.24) is 0 Å². The lowest BCUT2D eigenvalue weighted by Gasteiger charge is -2.13. The van der Waals surface area contributed by atoms with Crippen molar-refractivity contribution >= 4 is 56.0 Å². The number of halogens is 2. The molecule has 0 aliphatic rings. The van der Waals surface area contributed by atoms with E-state index in [0.717, 1.165) is 26.4 Å². The highest BCUT2D eigenvalue weighted by Crippen LogP contribution is 2.28. The molecular formula is C28H20BrClN2O2. The Bertz CT molecular complexity index is 1450. The molecule has 0 aliphatic heterocycles. The first-order valence-electron chi connectivity index (χ1n) is 10.5. The van der Waals surface area contributed by atoms with Gasteiger partial charge in [0.2, 0.25) is 0 Å². The predicted octanol–water partition coefficient (Wildman–Crippen LogP) is 7.69. The Morgan fingerprint density at radius 3 is 2.68 bits per heavy atom. The van der Waals surface area contributed by atoms with Crippen LogP contribution in [0.2, 0.25) is 5.02 Å². The summed E-state index contributed by atoms with van der Waals surface area (Å²) in [5, 5.41) is 15.3. The van der Waals surface area contributed by atoms with Crippen LogP contribution in [0, 0.1) is 18.3 Å². The van der Waals surface area contributed by atoms with E-state index in [1.54, 1.807) is 25.1 Å². The van der Waals surface area contributed by atoms with Crippen molar-refractivity contribution in [2.24, 2.45) is 0 Å². The molecule has 0 aliphatic carbocycles. The molecule has 0 aromatic heterocycles. The summed E-state index contributed by atoms with van der Waals surface area (Å²) in [5.41, 5.74) is 2.90. The number of rotatable bonds is 6.